The van der Waals surface area contributed by atoms with Crippen LogP contribution in [0.15, 0.2) is 30.5 Å². The number of benzene rings is 1. The van der Waals surface area contributed by atoms with E-state index in [4.69, 9.17) is 0 Å². The molecule has 0 atom stereocenters. The van der Waals surface area contributed by atoms with Gasteiger partial charge in [0.15, 0.2) is 5.78 Å². The Morgan fingerprint density at radius 2 is 1.80 bits per heavy atom. The van der Waals surface area contributed by atoms with Crippen LogP contribution < -0.4 is 0 Å². The molecule has 1 aromatic heterocycles. The fourth-order valence-electron chi connectivity index (χ4n) is 2.72. The fraction of sp³-hybridized carbons (Fsp3) is 0.412. The van der Waals surface area contributed by atoms with Crippen molar-refractivity contribution in [1.82, 2.24) is 9.78 Å². The minimum Gasteiger partial charge on any atom is -0.294 e. The van der Waals surface area contributed by atoms with Crippen molar-refractivity contribution in [1.29, 1.82) is 0 Å². The lowest BCUT2D eigenvalue weighted by Gasteiger charge is -2.19. The Morgan fingerprint density at radius 1 is 1.10 bits per heavy atom. The molecule has 104 valence electrons. The number of Topliss-reactive ketones (excluding diaryl/α,β-unsaturated/α-hetero) is 1. The summed E-state index contributed by atoms with van der Waals surface area (Å²) >= 11 is 0. The molecule has 20 heavy (non-hydrogen) atoms. The van der Waals surface area contributed by atoms with E-state index < -0.39 is 0 Å². The lowest BCUT2D eigenvalue weighted by atomic mass is 9.87. The second kappa shape index (κ2) is 4.58. The quantitative estimate of drug-likeness (QED) is 0.790. The number of carbonyl (C=O) groups is 1. The molecule has 0 amide bonds. The minimum atomic E-state index is 0.151. The first kappa shape index (κ1) is 13.1. The minimum absolute atomic E-state index is 0.151. The SMILES string of the molecule is CC(C)(C)c1ccc(-n2ncc3c2CCCC3=O)cc1. The van der Waals surface area contributed by atoms with Gasteiger partial charge in [0.25, 0.3) is 0 Å². The van der Waals surface area contributed by atoms with Crippen LogP contribution in [0.1, 0.15) is 55.2 Å². The Balaban J connectivity index is 2.00. The molecule has 0 saturated heterocycles. The van der Waals surface area contributed by atoms with Crippen LogP contribution in [0.5, 0.6) is 0 Å². The highest BCUT2D eigenvalue weighted by Crippen LogP contribution is 2.26. The second-order valence-corrected chi connectivity index (χ2v) is 6.49. The molecule has 0 unspecified atom stereocenters. The summed E-state index contributed by atoms with van der Waals surface area (Å²) in [4.78, 5) is 11.9. The molecule has 0 spiro atoms. The van der Waals surface area contributed by atoms with Crippen LogP contribution in [0.2, 0.25) is 0 Å². The van der Waals surface area contributed by atoms with E-state index in [9.17, 15) is 4.79 Å². The number of ketones is 1. The Bertz CT molecular complexity index is 645. The maximum absolute atomic E-state index is 11.9. The van der Waals surface area contributed by atoms with Crippen molar-refractivity contribution in [3.63, 3.8) is 0 Å². The molecule has 1 aromatic carbocycles. The molecule has 3 rings (SSSR count). The molecule has 1 aliphatic rings. The van der Waals surface area contributed by atoms with Gasteiger partial charge in [-0.05, 0) is 36.0 Å². The third-order valence-corrected chi connectivity index (χ3v) is 3.96. The predicted molar refractivity (Wildman–Crippen MR) is 79.5 cm³/mol. The average molecular weight is 268 g/mol. The Morgan fingerprint density at radius 3 is 2.45 bits per heavy atom. The summed E-state index contributed by atoms with van der Waals surface area (Å²) in [6.45, 7) is 6.61. The Kier molecular flexibility index (Phi) is 3.00. The molecular formula is C17H20N2O. The summed E-state index contributed by atoms with van der Waals surface area (Å²) in [5.41, 5.74) is 4.35. The maximum Gasteiger partial charge on any atom is 0.166 e. The van der Waals surface area contributed by atoms with E-state index in [-0.39, 0.29) is 11.2 Å². The van der Waals surface area contributed by atoms with E-state index in [2.05, 4.69) is 50.1 Å². The molecule has 1 heterocycles. The summed E-state index contributed by atoms with van der Waals surface area (Å²) < 4.78 is 1.92. The third kappa shape index (κ3) is 2.17. The second-order valence-electron chi connectivity index (χ2n) is 6.49. The van der Waals surface area contributed by atoms with E-state index in [0.717, 1.165) is 29.8 Å². The molecule has 0 saturated carbocycles. The van der Waals surface area contributed by atoms with Crippen LogP contribution in [0.3, 0.4) is 0 Å². The summed E-state index contributed by atoms with van der Waals surface area (Å²) in [5.74, 6) is 0.226. The molecule has 1 aliphatic carbocycles. The van der Waals surface area contributed by atoms with Crippen LogP contribution >= 0.6 is 0 Å². The van der Waals surface area contributed by atoms with Gasteiger partial charge < -0.3 is 0 Å². The number of aromatic nitrogens is 2. The zero-order chi connectivity index (χ0) is 14.3. The first-order valence-electron chi connectivity index (χ1n) is 7.18. The number of carbonyl (C=O) groups excluding carboxylic acids is 1. The lowest BCUT2D eigenvalue weighted by molar-refractivity contribution is 0.0972. The number of nitrogens with zero attached hydrogens (tertiary/aromatic N) is 2. The number of hydrogen-bond acceptors (Lipinski definition) is 2. The smallest absolute Gasteiger partial charge is 0.166 e. The maximum atomic E-state index is 11.9. The standard InChI is InChI=1S/C17H20N2O/c1-17(2,3)12-7-9-13(10-8-12)19-15-5-4-6-16(20)14(15)11-18-19/h7-11H,4-6H2,1-3H3. The van der Waals surface area contributed by atoms with Crippen molar-refractivity contribution in [3.05, 3.63) is 47.3 Å². The summed E-state index contributed by atoms with van der Waals surface area (Å²) in [7, 11) is 0. The van der Waals surface area contributed by atoms with Crippen LogP contribution in [-0.4, -0.2) is 15.6 Å². The van der Waals surface area contributed by atoms with Gasteiger partial charge in [0.05, 0.1) is 23.1 Å². The number of rotatable bonds is 1. The lowest BCUT2D eigenvalue weighted by Crippen LogP contribution is -2.13. The molecule has 0 bridgehead atoms. The summed E-state index contributed by atoms with van der Waals surface area (Å²) in [6, 6.07) is 8.47. The van der Waals surface area contributed by atoms with Crippen LogP contribution in [-0.2, 0) is 11.8 Å². The van der Waals surface area contributed by atoms with Gasteiger partial charge in [0.2, 0.25) is 0 Å². The van der Waals surface area contributed by atoms with E-state index in [1.54, 1.807) is 6.20 Å². The first-order chi connectivity index (χ1) is 9.47. The van der Waals surface area contributed by atoms with Gasteiger partial charge in [-0.25, -0.2) is 4.68 Å². The van der Waals surface area contributed by atoms with Crippen molar-refractivity contribution in [2.24, 2.45) is 0 Å². The zero-order valence-electron chi connectivity index (χ0n) is 12.3. The third-order valence-electron chi connectivity index (χ3n) is 3.96. The number of hydrogen-bond donors (Lipinski definition) is 0. The highest BCUT2D eigenvalue weighted by atomic mass is 16.1. The van der Waals surface area contributed by atoms with E-state index in [1.165, 1.54) is 5.56 Å². The van der Waals surface area contributed by atoms with Crippen molar-refractivity contribution in [3.8, 4) is 5.69 Å². The largest absolute Gasteiger partial charge is 0.294 e. The van der Waals surface area contributed by atoms with Crippen LogP contribution in [0.4, 0.5) is 0 Å². The monoisotopic (exact) mass is 268 g/mol. The molecule has 0 fully saturated rings. The van der Waals surface area contributed by atoms with Crippen molar-refractivity contribution >= 4 is 5.78 Å². The fourth-order valence-corrected chi connectivity index (χ4v) is 2.72. The number of fused-ring (bicyclic) bond motifs is 1. The van der Waals surface area contributed by atoms with Gasteiger partial charge in [-0.15, -0.1) is 0 Å². The Hall–Kier alpha value is -1.90. The molecule has 0 N–H and O–H groups in total. The van der Waals surface area contributed by atoms with Gasteiger partial charge in [0.1, 0.15) is 0 Å². The average Bonchev–Trinajstić information content (AvgIpc) is 2.83. The molecule has 0 aliphatic heterocycles. The van der Waals surface area contributed by atoms with Gasteiger partial charge in [-0.3, -0.25) is 4.79 Å². The van der Waals surface area contributed by atoms with Crippen LogP contribution in [0.25, 0.3) is 5.69 Å². The van der Waals surface area contributed by atoms with E-state index in [1.807, 2.05) is 4.68 Å². The molecular weight excluding hydrogens is 248 g/mol. The highest BCUT2D eigenvalue weighted by Gasteiger charge is 2.22. The first-order valence-corrected chi connectivity index (χ1v) is 7.18. The van der Waals surface area contributed by atoms with Crippen molar-refractivity contribution in [2.45, 2.75) is 45.4 Å². The van der Waals surface area contributed by atoms with Gasteiger partial charge in [0, 0.05) is 6.42 Å². The molecule has 3 heteroatoms. The molecule has 0 radical (unpaired) electrons. The van der Waals surface area contributed by atoms with E-state index in [0.29, 0.717) is 6.42 Å². The zero-order valence-corrected chi connectivity index (χ0v) is 12.3. The Labute approximate surface area is 119 Å². The van der Waals surface area contributed by atoms with Gasteiger partial charge in [-0.1, -0.05) is 32.9 Å². The van der Waals surface area contributed by atoms with Crippen molar-refractivity contribution in [2.75, 3.05) is 0 Å². The normalized spacial score (nSPS) is 15.2. The summed E-state index contributed by atoms with van der Waals surface area (Å²) in [6.07, 6.45) is 4.23. The van der Waals surface area contributed by atoms with E-state index >= 15 is 0 Å². The predicted octanol–water partition coefficient (Wildman–Crippen LogP) is 3.69. The highest BCUT2D eigenvalue weighted by molar-refractivity contribution is 5.98. The molecule has 3 nitrogen and oxygen atoms in total. The molecule has 2 aromatic rings. The van der Waals surface area contributed by atoms with Gasteiger partial charge >= 0.3 is 0 Å². The van der Waals surface area contributed by atoms with Crippen LogP contribution in [0, 0.1) is 0 Å². The van der Waals surface area contributed by atoms with Crippen molar-refractivity contribution < 1.29 is 4.79 Å². The summed E-state index contributed by atoms with van der Waals surface area (Å²) in [5, 5.41) is 4.41. The van der Waals surface area contributed by atoms with Gasteiger partial charge in [-0.2, -0.15) is 5.10 Å². The topological polar surface area (TPSA) is 34.9 Å².